The third-order valence-electron chi connectivity index (χ3n) is 2.87. The number of aromatic nitrogens is 5. The smallest absolute Gasteiger partial charge is 0.146 e. The molecule has 0 aliphatic carbocycles. The molecular weight excluding hydrogens is 240 g/mol. The summed E-state index contributed by atoms with van der Waals surface area (Å²) in [4.78, 5) is 8.69. The standard InChI is InChI=1S/C13H22N6/c1-3-5-14-7-12-8-18(11-16-12)9-13-15-10-17-19(13)6-4-2/h8,10-11,14H,3-7,9H2,1-2H3. The van der Waals surface area contributed by atoms with Crippen molar-refractivity contribution in [3.63, 3.8) is 0 Å². The van der Waals surface area contributed by atoms with Gasteiger partial charge < -0.3 is 9.88 Å². The lowest BCUT2D eigenvalue weighted by Gasteiger charge is -2.04. The van der Waals surface area contributed by atoms with E-state index in [9.17, 15) is 0 Å². The Labute approximate surface area is 113 Å². The maximum atomic E-state index is 4.39. The predicted molar refractivity (Wildman–Crippen MR) is 73.6 cm³/mol. The Bertz CT molecular complexity index is 487. The number of hydrogen-bond donors (Lipinski definition) is 1. The normalized spacial score (nSPS) is 11.1. The van der Waals surface area contributed by atoms with Crippen molar-refractivity contribution in [2.45, 2.75) is 46.3 Å². The number of nitrogens with zero attached hydrogens (tertiary/aromatic N) is 5. The van der Waals surface area contributed by atoms with Crippen LogP contribution in [0.1, 0.15) is 38.2 Å². The number of nitrogens with one attached hydrogen (secondary N) is 1. The molecule has 0 amide bonds. The van der Waals surface area contributed by atoms with E-state index in [0.29, 0.717) is 0 Å². The average molecular weight is 262 g/mol. The van der Waals surface area contributed by atoms with Crippen LogP contribution in [0.5, 0.6) is 0 Å². The largest absolute Gasteiger partial charge is 0.330 e. The van der Waals surface area contributed by atoms with Gasteiger partial charge in [-0.2, -0.15) is 5.10 Å². The van der Waals surface area contributed by atoms with Gasteiger partial charge in [0, 0.05) is 19.3 Å². The van der Waals surface area contributed by atoms with E-state index in [1.807, 2.05) is 11.0 Å². The molecule has 0 aliphatic heterocycles. The second-order valence-electron chi connectivity index (χ2n) is 4.61. The molecule has 2 rings (SSSR count). The molecule has 0 spiro atoms. The monoisotopic (exact) mass is 262 g/mol. The van der Waals surface area contributed by atoms with Crippen LogP contribution in [0.15, 0.2) is 18.9 Å². The van der Waals surface area contributed by atoms with E-state index < -0.39 is 0 Å². The molecule has 0 atom stereocenters. The Morgan fingerprint density at radius 1 is 1.21 bits per heavy atom. The van der Waals surface area contributed by atoms with Crippen LogP contribution in [-0.2, 0) is 19.6 Å². The minimum Gasteiger partial charge on any atom is -0.330 e. The van der Waals surface area contributed by atoms with Gasteiger partial charge >= 0.3 is 0 Å². The van der Waals surface area contributed by atoms with Crippen LogP contribution in [0.25, 0.3) is 0 Å². The van der Waals surface area contributed by atoms with E-state index in [1.165, 1.54) is 0 Å². The van der Waals surface area contributed by atoms with Crippen LogP contribution in [0.3, 0.4) is 0 Å². The molecule has 0 unspecified atom stereocenters. The van der Waals surface area contributed by atoms with Crippen molar-refractivity contribution in [2.75, 3.05) is 6.54 Å². The number of aryl methyl sites for hydroxylation is 1. The van der Waals surface area contributed by atoms with E-state index in [0.717, 1.165) is 50.5 Å². The average Bonchev–Trinajstić information content (AvgIpc) is 3.02. The van der Waals surface area contributed by atoms with E-state index in [2.05, 4.69) is 45.0 Å². The summed E-state index contributed by atoms with van der Waals surface area (Å²) in [5, 5.41) is 7.58. The summed E-state index contributed by atoms with van der Waals surface area (Å²) in [6, 6.07) is 0. The molecule has 0 radical (unpaired) electrons. The molecule has 19 heavy (non-hydrogen) atoms. The molecule has 0 saturated carbocycles. The van der Waals surface area contributed by atoms with Crippen LogP contribution in [0.2, 0.25) is 0 Å². The lowest BCUT2D eigenvalue weighted by Crippen LogP contribution is -2.14. The van der Waals surface area contributed by atoms with E-state index in [4.69, 9.17) is 0 Å². The van der Waals surface area contributed by atoms with E-state index >= 15 is 0 Å². The van der Waals surface area contributed by atoms with Gasteiger partial charge in [0.25, 0.3) is 0 Å². The first-order valence-corrected chi connectivity index (χ1v) is 6.91. The summed E-state index contributed by atoms with van der Waals surface area (Å²) in [6.45, 7) is 7.78. The maximum Gasteiger partial charge on any atom is 0.146 e. The first kappa shape index (κ1) is 13.7. The van der Waals surface area contributed by atoms with Crippen LogP contribution in [-0.4, -0.2) is 30.9 Å². The quantitative estimate of drug-likeness (QED) is 0.731. The molecule has 0 saturated heterocycles. The molecule has 0 fully saturated rings. The summed E-state index contributed by atoms with van der Waals surface area (Å²) in [5.74, 6) is 0.979. The molecule has 0 aliphatic rings. The Morgan fingerprint density at radius 3 is 2.89 bits per heavy atom. The lowest BCUT2D eigenvalue weighted by molar-refractivity contribution is 0.554. The number of imidazole rings is 1. The third-order valence-corrected chi connectivity index (χ3v) is 2.87. The molecule has 2 heterocycles. The Morgan fingerprint density at radius 2 is 2.11 bits per heavy atom. The number of hydrogen-bond acceptors (Lipinski definition) is 4. The molecule has 0 aromatic carbocycles. The molecule has 0 bridgehead atoms. The molecule has 6 heteroatoms. The minimum atomic E-state index is 0.723. The predicted octanol–water partition coefficient (Wildman–Crippen LogP) is 1.43. The highest BCUT2D eigenvalue weighted by atomic mass is 15.3. The van der Waals surface area contributed by atoms with E-state index in [1.54, 1.807) is 6.33 Å². The highest BCUT2D eigenvalue weighted by Crippen LogP contribution is 2.02. The Balaban J connectivity index is 1.93. The van der Waals surface area contributed by atoms with Gasteiger partial charge in [0.1, 0.15) is 12.2 Å². The summed E-state index contributed by atoms with van der Waals surface area (Å²) in [5.41, 5.74) is 1.06. The summed E-state index contributed by atoms with van der Waals surface area (Å²) in [6.07, 6.45) is 7.74. The first-order valence-electron chi connectivity index (χ1n) is 6.91. The highest BCUT2D eigenvalue weighted by Gasteiger charge is 2.05. The van der Waals surface area contributed by atoms with Crippen molar-refractivity contribution >= 4 is 0 Å². The zero-order valence-electron chi connectivity index (χ0n) is 11.7. The molecule has 2 aromatic rings. The van der Waals surface area contributed by atoms with Gasteiger partial charge in [-0.05, 0) is 19.4 Å². The zero-order valence-corrected chi connectivity index (χ0v) is 11.7. The van der Waals surface area contributed by atoms with E-state index in [-0.39, 0.29) is 0 Å². The second-order valence-corrected chi connectivity index (χ2v) is 4.61. The van der Waals surface area contributed by atoms with Gasteiger partial charge in [-0.25, -0.2) is 14.6 Å². The highest BCUT2D eigenvalue weighted by molar-refractivity contribution is 4.98. The maximum absolute atomic E-state index is 4.39. The zero-order chi connectivity index (χ0) is 13.5. The summed E-state index contributed by atoms with van der Waals surface area (Å²) < 4.78 is 4.01. The van der Waals surface area contributed by atoms with Gasteiger partial charge in [-0.15, -0.1) is 0 Å². The summed E-state index contributed by atoms with van der Waals surface area (Å²) in [7, 11) is 0. The Hall–Kier alpha value is -1.69. The number of rotatable bonds is 8. The second kappa shape index (κ2) is 7.04. The third kappa shape index (κ3) is 3.89. The Kier molecular flexibility index (Phi) is 5.09. The SMILES string of the molecule is CCCNCc1cn(Cc2ncnn2CCC)cn1. The molecule has 104 valence electrons. The van der Waals surface area contributed by atoms with Gasteiger partial charge in [-0.3, -0.25) is 0 Å². The first-order chi connectivity index (χ1) is 9.33. The molecule has 2 aromatic heterocycles. The topological polar surface area (TPSA) is 60.6 Å². The van der Waals surface area contributed by atoms with Gasteiger partial charge in [0.2, 0.25) is 0 Å². The fourth-order valence-electron chi connectivity index (χ4n) is 1.95. The summed E-state index contributed by atoms with van der Waals surface area (Å²) >= 11 is 0. The fraction of sp³-hybridized carbons (Fsp3) is 0.615. The van der Waals surface area contributed by atoms with Crippen molar-refractivity contribution in [2.24, 2.45) is 0 Å². The van der Waals surface area contributed by atoms with Gasteiger partial charge in [0.05, 0.1) is 18.6 Å². The van der Waals surface area contributed by atoms with Crippen LogP contribution in [0.4, 0.5) is 0 Å². The molecule has 6 nitrogen and oxygen atoms in total. The van der Waals surface area contributed by atoms with Gasteiger partial charge in [-0.1, -0.05) is 13.8 Å². The van der Waals surface area contributed by atoms with Crippen molar-refractivity contribution in [1.82, 2.24) is 29.6 Å². The molecular formula is C13H22N6. The van der Waals surface area contributed by atoms with Crippen LogP contribution >= 0.6 is 0 Å². The van der Waals surface area contributed by atoms with Crippen molar-refractivity contribution < 1.29 is 0 Å². The molecule has 1 N–H and O–H groups in total. The van der Waals surface area contributed by atoms with Crippen LogP contribution < -0.4 is 5.32 Å². The van der Waals surface area contributed by atoms with Crippen molar-refractivity contribution in [3.8, 4) is 0 Å². The minimum absolute atomic E-state index is 0.723. The van der Waals surface area contributed by atoms with Crippen LogP contribution in [0, 0.1) is 0 Å². The lowest BCUT2D eigenvalue weighted by atomic mass is 10.4. The van der Waals surface area contributed by atoms with Gasteiger partial charge in [0.15, 0.2) is 0 Å². The fourth-order valence-corrected chi connectivity index (χ4v) is 1.95. The van der Waals surface area contributed by atoms with Crippen molar-refractivity contribution in [3.05, 3.63) is 30.4 Å². The van der Waals surface area contributed by atoms with Crippen molar-refractivity contribution in [1.29, 1.82) is 0 Å².